The van der Waals surface area contributed by atoms with Gasteiger partial charge in [0.25, 0.3) is 0 Å². The molecule has 0 unspecified atom stereocenters. The SMILES string of the molecule is O=C([O-])COc1ccc2c(=O)c(Oc3cc(Cl)ccc3Cl)coc2c1. The monoisotopic (exact) mass is 379 g/mol. The second-order valence-electron chi connectivity index (χ2n) is 4.92. The van der Waals surface area contributed by atoms with Crippen molar-refractivity contribution in [3.8, 4) is 17.2 Å². The topological polar surface area (TPSA) is 88.8 Å². The molecule has 0 fully saturated rings. The van der Waals surface area contributed by atoms with E-state index in [1.807, 2.05) is 0 Å². The van der Waals surface area contributed by atoms with Crippen LogP contribution in [0.4, 0.5) is 0 Å². The number of fused-ring (bicyclic) bond motifs is 1. The fourth-order valence-electron chi connectivity index (χ4n) is 2.07. The fourth-order valence-corrected chi connectivity index (χ4v) is 2.39. The molecule has 1 heterocycles. The zero-order valence-corrected chi connectivity index (χ0v) is 14.0. The summed E-state index contributed by atoms with van der Waals surface area (Å²) in [6, 6.07) is 8.90. The minimum atomic E-state index is -1.36. The lowest BCUT2D eigenvalue weighted by Crippen LogP contribution is -2.28. The van der Waals surface area contributed by atoms with E-state index in [2.05, 4.69) is 0 Å². The van der Waals surface area contributed by atoms with E-state index in [1.165, 1.54) is 24.3 Å². The van der Waals surface area contributed by atoms with Gasteiger partial charge in [-0.3, -0.25) is 4.79 Å². The first-order chi connectivity index (χ1) is 11.9. The fraction of sp³-hybridized carbons (Fsp3) is 0.0588. The first-order valence-electron chi connectivity index (χ1n) is 6.95. The van der Waals surface area contributed by atoms with Crippen LogP contribution < -0.4 is 20.0 Å². The van der Waals surface area contributed by atoms with Gasteiger partial charge >= 0.3 is 0 Å². The maximum Gasteiger partial charge on any atom is 0.235 e. The third kappa shape index (κ3) is 3.87. The van der Waals surface area contributed by atoms with Gasteiger partial charge in [0.15, 0.2) is 0 Å². The normalized spacial score (nSPS) is 10.6. The maximum atomic E-state index is 12.5. The van der Waals surface area contributed by atoms with Crippen LogP contribution in [0.15, 0.2) is 51.9 Å². The van der Waals surface area contributed by atoms with E-state index in [-0.39, 0.29) is 33.2 Å². The highest BCUT2D eigenvalue weighted by Crippen LogP contribution is 2.31. The van der Waals surface area contributed by atoms with Crippen molar-refractivity contribution < 1.29 is 23.8 Å². The molecule has 0 aliphatic carbocycles. The Kier molecular flexibility index (Phi) is 4.83. The van der Waals surface area contributed by atoms with Gasteiger partial charge in [-0.15, -0.1) is 0 Å². The molecule has 6 nitrogen and oxygen atoms in total. The van der Waals surface area contributed by atoms with Crippen molar-refractivity contribution in [1.29, 1.82) is 0 Å². The molecule has 0 radical (unpaired) electrons. The van der Waals surface area contributed by atoms with Crippen LogP contribution in [0.1, 0.15) is 0 Å². The molecule has 3 aromatic rings. The lowest BCUT2D eigenvalue weighted by molar-refractivity contribution is -0.307. The molecule has 0 aliphatic rings. The summed E-state index contributed by atoms with van der Waals surface area (Å²) in [4.78, 5) is 22.9. The summed E-state index contributed by atoms with van der Waals surface area (Å²) in [5.41, 5.74) is -0.214. The molecular formula is C17H9Cl2O6-. The maximum absolute atomic E-state index is 12.5. The molecule has 2 aromatic carbocycles. The van der Waals surface area contributed by atoms with E-state index < -0.39 is 18.0 Å². The highest BCUT2D eigenvalue weighted by Gasteiger charge is 2.12. The number of rotatable bonds is 5. The number of carbonyl (C=O) groups excluding carboxylic acids is 1. The van der Waals surface area contributed by atoms with Crippen molar-refractivity contribution >= 4 is 40.1 Å². The molecule has 0 saturated heterocycles. The van der Waals surface area contributed by atoms with Gasteiger partial charge in [-0.2, -0.15) is 0 Å². The molecule has 0 amide bonds. The summed E-state index contributed by atoms with van der Waals surface area (Å²) in [5, 5.41) is 11.3. The lowest BCUT2D eigenvalue weighted by atomic mass is 10.2. The van der Waals surface area contributed by atoms with Crippen LogP contribution in [0.25, 0.3) is 11.0 Å². The summed E-state index contributed by atoms with van der Waals surface area (Å²) < 4.78 is 15.9. The third-order valence-electron chi connectivity index (χ3n) is 3.18. The minimum absolute atomic E-state index is 0.0694. The van der Waals surface area contributed by atoms with Gasteiger partial charge in [-0.25, -0.2) is 0 Å². The van der Waals surface area contributed by atoms with E-state index in [0.717, 1.165) is 6.26 Å². The average Bonchev–Trinajstić information content (AvgIpc) is 2.58. The van der Waals surface area contributed by atoms with Crippen molar-refractivity contribution in [3.63, 3.8) is 0 Å². The summed E-state index contributed by atoms with van der Waals surface area (Å²) in [6.45, 7) is -0.607. The molecular weight excluding hydrogens is 371 g/mol. The van der Waals surface area contributed by atoms with Crippen molar-refractivity contribution in [1.82, 2.24) is 0 Å². The standard InChI is InChI=1S/C17H10Cl2O6/c18-9-1-4-12(19)14(5-9)25-15-7-24-13-6-10(23-8-16(20)21)2-3-11(13)17(15)22/h1-7H,8H2,(H,20,21)/p-1. The molecule has 0 bridgehead atoms. The predicted molar refractivity (Wildman–Crippen MR) is 89.5 cm³/mol. The first kappa shape index (κ1) is 17.1. The van der Waals surface area contributed by atoms with Gasteiger partial charge in [-0.05, 0) is 24.3 Å². The van der Waals surface area contributed by atoms with Crippen molar-refractivity contribution in [2.45, 2.75) is 0 Å². The molecule has 128 valence electrons. The number of ether oxygens (including phenoxy) is 2. The van der Waals surface area contributed by atoms with Crippen LogP contribution in [0.2, 0.25) is 10.0 Å². The number of carbonyl (C=O) groups is 1. The Hall–Kier alpha value is -2.70. The Morgan fingerprint density at radius 3 is 2.68 bits per heavy atom. The smallest absolute Gasteiger partial charge is 0.235 e. The number of benzene rings is 2. The predicted octanol–water partition coefficient (Wildman–Crippen LogP) is 3.02. The lowest BCUT2D eigenvalue weighted by Gasteiger charge is -2.09. The Morgan fingerprint density at radius 2 is 1.92 bits per heavy atom. The number of carboxylic acids is 1. The van der Waals surface area contributed by atoms with Crippen LogP contribution in [-0.4, -0.2) is 12.6 Å². The zero-order valence-electron chi connectivity index (χ0n) is 12.5. The van der Waals surface area contributed by atoms with Crippen molar-refractivity contribution in [2.24, 2.45) is 0 Å². The third-order valence-corrected chi connectivity index (χ3v) is 3.73. The Bertz CT molecular complexity index is 1010. The van der Waals surface area contributed by atoms with Crippen molar-refractivity contribution in [2.75, 3.05) is 6.61 Å². The molecule has 0 N–H and O–H groups in total. The van der Waals surface area contributed by atoms with Crippen molar-refractivity contribution in [3.05, 3.63) is 62.9 Å². The second-order valence-corrected chi connectivity index (χ2v) is 5.77. The second kappa shape index (κ2) is 7.04. The molecule has 0 spiro atoms. The zero-order chi connectivity index (χ0) is 18.0. The quantitative estimate of drug-likeness (QED) is 0.676. The summed E-state index contributed by atoms with van der Waals surface area (Å²) in [5.74, 6) is -0.982. The highest BCUT2D eigenvalue weighted by molar-refractivity contribution is 6.34. The number of carboxylic acid groups (broad SMARTS) is 1. The number of halogens is 2. The van der Waals surface area contributed by atoms with Crippen LogP contribution in [0, 0.1) is 0 Å². The molecule has 0 aliphatic heterocycles. The Labute approximate surface area is 151 Å². The average molecular weight is 380 g/mol. The molecule has 8 heteroatoms. The van der Waals surface area contributed by atoms with E-state index in [0.29, 0.717) is 5.02 Å². The number of hydrogen-bond acceptors (Lipinski definition) is 6. The van der Waals surface area contributed by atoms with Gasteiger partial charge in [0.2, 0.25) is 11.2 Å². The highest BCUT2D eigenvalue weighted by atomic mass is 35.5. The van der Waals surface area contributed by atoms with E-state index in [1.54, 1.807) is 12.1 Å². The van der Waals surface area contributed by atoms with Crippen LogP contribution in [-0.2, 0) is 4.79 Å². The van der Waals surface area contributed by atoms with Gasteiger partial charge in [0.1, 0.15) is 30.0 Å². The van der Waals surface area contributed by atoms with Crippen LogP contribution in [0.3, 0.4) is 0 Å². The number of hydrogen-bond donors (Lipinski definition) is 0. The first-order valence-corrected chi connectivity index (χ1v) is 7.71. The molecule has 0 atom stereocenters. The van der Waals surface area contributed by atoms with E-state index in [4.69, 9.17) is 37.1 Å². The van der Waals surface area contributed by atoms with Crippen LogP contribution in [0.5, 0.6) is 17.2 Å². The summed E-state index contributed by atoms with van der Waals surface area (Å²) in [7, 11) is 0. The minimum Gasteiger partial charge on any atom is -0.546 e. The van der Waals surface area contributed by atoms with Gasteiger partial charge in [0.05, 0.1) is 16.4 Å². The van der Waals surface area contributed by atoms with E-state index >= 15 is 0 Å². The van der Waals surface area contributed by atoms with Gasteiger partial charge in [0, 0.05) is 17.2 Å². The largest absolute Gasteiger partial charge is 0.546 e. The van der Waals surface area contributed by atoms with Gasteiger partial charge in [-0.1, -0.05) is 23.2 Å². The number of aliphatic carboxylic acids is 1. The molecule has 3 rings (SSSR count). The Morgan fingerprint density at radius 1 is 1.12 bits per heavy atom. The van der Waals surface area contributed by atoms with Gasteiger partial charge < -0.3 is 23.8 Å². The Balaban J connectivity index is 1.94. The van der Waals surface area contributed by atoms with E-state index in [9.17, 15) is 14.7 Å². The summed E-state index contributed by atoms with van der Waals surface area (Å²) in [6.07, 6.45) is 1.13. The molecule has 0 saturated carbocycles. The summed E-state index contributed by atoms with van der Waals surface area (Å²) >= 11 is 11.9. The van der Waals surface area contributed by atoms with Crippen LogP contribution >= 0.6 is 23.2 Å². The molecule has 25 heavy (non-hydrogen) atoms. The molecule has 1 aromatic heterocycles.